The molecule has 0 aliphatic heterocycles. The monoisotopic (exact) mass is 200 g/mol. The molecule has 8 heteroatoms. The zero-order valence-corrected chi connectivity index (χ0v) is 7.28. The second kappa shape index (κ2) is 5.89. The first kappa shape index (κ1) is 13.9. The van der Waals surface area contributed by atoms with Crippen LogP contribution >= 0.6 is 0 Å². The van der Waals surface area contributed by atoms with Gasteiger partial charge in [-0.1, -0.05) is 0 Å². The van der Waals surface area contributed by atoms with Crippen molar-refractivity contribution in [1.29, 1.82) is 0 Å². The molecule has 74 valence electrons. The van der Waals surface area contributed by atoms with E-state index in [2.05, 4.69) is 0 Å². The molecule has 0 aromatic heterocycles. The van der Waals surface area contributed by atoms with E-state index in [0.29, 0.717) is 6.26 Å². The molecule has 0 spiro atoms. The quantitative estimate of drug-likeness (QED) is 0.372. The Bertz CT molecular complexity index is 216. The summed E-state index contributed by atoms with van der Waals surface area (Å²) in [6.45, 7) is -0.00463. The van der Waals surface area contributed by atoms with Crippen molar-refractivity contribution >= 4 is 16.1 Å². The predicted molar refractivity (Wildman–Crippen MR) is 42.1 cm³/mol. The number of rotatable bonds is 2. The minimum Gasteiger partial charge on any atom is -0.480 e. The van der Waals surface area contributed by atoms with E-state index in [1.54, 1.807) is 0 Å². The van der Waals surface area contributed by atoms with E-state index < -0.39 is 22.1 Å². The molecule has 0 saturated heterocycles. The van der Waals surface area contributed by atoms with Gasteiger partial charge in [0.05, 0.1) is 6.26 Å². The Morgan fingerprint density at radius 3 is 1.83 bits per heavy atom. The van der Waals surface area contributed by atoms with Crippen LogP contribution in [0.15, 0.2) is 0 Å². The average molecular weight is 200 g/mol. The number of nitrogens with two attached hydrogens (primary N) is 2. The van der Waals surface area contributed by atoms with Gasteiger partial charge < -0.3 is 16.6 Å². The van der Waals surface area contributed by atoms with Gasteiger partial charge in [-0.15, -0.1) is 0 Å². The van der Waals surface area contributed by atoms with Gasteiger partial charge in [-0.3, -0.25) is 9.35 Å². The normalized spacial score (nSPS) is 12.7. The maximum Gasteiger partial charge on any atom is 0.321 e. The predicted octanol–water partition coefficient (Wildman–Crippen LogP) is -2.14. The van der Waals surface area contributed by atoms with Gasteiger partial charge in [-0.05, 0) is 0 Å². The van der Waals surface area contributed by atoms with Gasteiger partial charge >= 0.3 is 5.97 Å². The summed E-state index contributed by atoms with van der Waals surface area (Å²) in [5.41, 5.74) is 9.76. The van der Waals surface area contributed by atoms with Crippen molar-refractivity contribution in [2.75, 3.05) is 12.8 Å². The lowest BCUT2D eigenvalue weighted by molar-refractivity contribution is -0.138. The van der Waals surface area contributed by atoms with E-state index in [4.69, 9.17) is 21.1 Å². The summed E-state index contributed by atoms with van der Waals surface area (Å²) in [6, 6.07) is -0.903. The molecular formula is C4H12N2O5S. The van der Waals surface area contributed by atoms with Crippen molar-refractivity contribution in [2.45, 2.75) is 6.04 Å². The van der Waals surface area contributed by atoms with Gasteiger partial charge in [0, 0.05) is 6.54 Å². The van der Waals surface area contributed by atoms with E-state index >= 15 is 0 Å². The van der Waals surface area contributed by atoms with E-state index in [-0.39, 0.29) is 6.54 Å². The molecule has 0 aliphatic carbocycles. The van der Waals surface area contributed by atoms with Crippen LogP contribution in [-0.4, -0.2) is 42.9 Å². The second-order valence-corrected chi connectivity index (χ2v) is 3.38. The minimum absolute atomic E-state index is 0.00463. The minimum atomic E-state index is -3.67. The smallest absolute Gasteiger partial charge is 0.321 e. The zero-order valence-electron chi connectivity index (χ0n) is 6.47. The molecule has 0 saturated carbocycles. The van der Waals surface area contributed by atoms with E-state index in [9.17, 15) is 13.2 Å². The summed E-state index contributed by atoms with van der Waals surface area (Å²) in [5, 5.41) is 7.98. The van der Waals surface area contributed by atoms with Crippen LogP contribution in [-0.2, 0) is 14.9 Å². The highest BCUT2D eigenvalue weighted by Crippen LogP contribution is 1.68. The Balaban J connectivity index is 0. The molecule has 1 atom stereocenters. The van der Waals surface area contributed by atoms with E-state index in [0.717, 1.165) is 0 Å². The van der Waals surface area contributed by atoms with Crippen molar-refractivity contribution in [3.05, 3.63) is 0 Å². The third kappa shape index (κ3) is 22.8. The maximum atomic E-state index is 9.73. The van der Waals surface area contributed by atoms with Crippen molar-refractivity contribution < 1.29 is 22.9 Å². The Morgan fingerprint density at radius 1 is 1.58 bits per heavy atom. The highest BCUT2D eigenvalue weighted by molar-refractivity contribution is 7.85. The summed E-state index contributed by atoms with van der Waals surface area (Å²) in [7, 11) is -3.67. The molecule has 0 rings (SSSR count). The van der Waals surface area contributed by atoms with Crippen LogP contribution in [0.5, 0.6) is 0 Å². The molecule has 0 heterocycles. The molecule has 12 heavy (non-hydrogen) atoms. The number of carbonyl (C=O) groups is 1. The molecule has 0 aromatic carbocycles. The van der Waals surface area contributed by atoms with Crippen LogP contribution < -0.4 is 11.5 Å². The largest absolute Gasteiger partial charge is 0.480 e. The number of hydrogen-bond acceptors (Lipinski definition) is 5. The lowest BCUT2D eigenvalue weighted by Crippen LogP contribution is -2.37. The van der Waals surface area contributed by atoms with Gasteiger partial charge in [0.1, 0.15) is 6.04 Å². The molecule has 0 bridgehead atoms. The number of aliphatic carboxylic acids is 1. The first-order valence-corrected chi connectivity index (χ1v) is 4.64. The fraction of sp³-hybridized carbons (Fsp3) is 0.750. The Kier molecular flexibility index (Phi) is 6.80. The molecule has 0 radical (unpaired) electrons. The van der Waals surface area contributed by atoms with Crippen molar-refractivity contribution in [1.82, 2.24) is 0 Å². The standard InChI is InChI=1S/C3H8N2O2.CH4O3S/c4-1-2(5)3(6)7;1-5(2,3)4/h2H,1,4-5H2,(H,6,7);1H3,(H,2,3,4). The van der Waals surface area contributed by atoms with Crippen LogP contribution in [0.3, 0.4) is 0 Å². The molecule has 7 nitrogen and oxygen atoms in total. The average Bonchev–Trinajstić information content (AvgIpc) is 1.82. The lowest BCUT2D eigenvalue weighted by atomic mass is 10.3. The highest BCUT2D eigenvalue weighted by Gasteiger charge is 2.05. The second-order valence-electron chi connectivity index (χ2n) is 1.91. The summed E-state index contributed by atoms with van der Waals surface area (Å²) >= 11 is 0. The van der Waals surface area contributed by atoms with E-state index in [1.807, 2.05) is 0 Å². The third-order valence-electron chi connectivity index (χ3n) is 0.571. The van der Waals surface area contributed by atoms with Crippen molar-refractivity contribution in [2.24, 2.45) is 11.5 Å². The van der Waals surface area contributed by atoms with Crippen LogP contribution in [0.25, 0.3) is 0 Å². The van der Waals surface area contributed by atoms with Crippen molar-refractivity contribution in [3.8, 4) is 0 Å². The molecule has 6 N–H and O–H groups in total. The van der Waals surface area contributed by atoms with Gasteiger partial charge in [0.15, 0.2) is 0 Å². The van der Waals surface area contributed by atoms with Gasteiger partial charge in [0.25, 0.3) is 10.1 Å². The molecule has 1 unspecified atom stereocenters. The van der Waals surface area contributed by atoms with Gasteiger partial charge in [0.2, 0.25) is 0 Å². The first-order chi connectivity index (χ1) is 5.18. The van der Waals surface area contributed by atoms with Gasteiger partial charge in [-0.25, -0.2) is 0 Å². The van der Waals surface area contributed by atoms with Crippen LogP contribution in [0.2, 0.25) is 0 Å². The summed E-state index contributed by atoms with van der Waals surface area (Å²) in [4.78, 5) is 9.73. The SMILES string of the molecule is CS(=O)(=O)O.NCC(N)C(=O)O. The molecule has 0 aromatic rings. The summed E-state index contributed by atoms with van der Waals surface area (Å²) < 4.78 is 25.9. The molecular weight excluding hydrogens is 188 g/mol. The maximum absolute atomic E-state index is 9.73. The number of carboxylic acids is 1. The van der Waals surface area contributed by atoms with Crippen LogP contribution in [0, 0.1) is 0 Å². The fourth-order valence-electron chi connectivity index (χ4n) is 0.101. The van der Waals surface area contributed by atoms with Crippen LogP contribution in [0.4, 0.5) is 0 Å². The number of carboxylic acid groups (broad SMARTS) is 1. The fourth-order valence-corrected chi connectivity index (χ4v) is 0.101. The molecule has 0 fully saturated rings. The highest BCUT2D eigenvalue weighted by atomic mass is 32.2. The molecule has 0 aliphatic rings. The first-order valence-electron chi connectivity index (χ1n) is 2.79. The Hall–Kier alpha value is -0.700. The van der Waals surface area contributed by atoms with E-state index in [1.165, 1.54) is 0 Å². The van der Waals surface area contributed by atoms with Gasteiger partial charge in [-0.2, -0.15) is 8.42 Å². The Morgan fingerprint density at radius 2 is 1.83 bits per heavy atom. The summed E-state index contributed by atoms with van der Waals surface area (Å²) in [5.74, 6) is -1.05. The third-order valence-corrected chi connectivity index (χ3v) is 0.571. The molecule has 0 amide bonds. The summed E-state index contributed by atoms with van der Waals surface area (Å²) in [6.07, 6.45) is 0.715. The zero-order chi connectivity index (χ0) is 10.4. The Labute approximate surface area is 70.1 Å². The van der Waals surface area contributed by atoms with Crippen LogP contribution in [0.1, 0.15) is 0 Å². The lowest BCUT2D eigenvalue weighted by Gasteiger charge is -1.97. The van der Waals surface area contributed by atoms with Crippen molar-refractivity contribution in [3.63, 3.8) is 0 Å². The topological polar surface area (TPSA) is 144 Å². The number of hydrogen-bond donors (Lipinski definition) is 4.